The van der Waals surface area contributed by atoms with Gasteiger partial charge in [-0.2, -0.15) is 5.10 Å². The summed E-state index contributed by atoms with van der Waals surface area (Å²) in [6.45, 7) is 6.89. The molecule has 0 radical (unpaired) electrons. The van der Waals surface area contributed by atoms with Crippen LogP contribution in [0.5, 0.6) is 0 Å². The average molecular weight is 269 g/mol. The normalized spacial score (nSPS) is 22.8. The summed E-state index contributed by atoms with van der Waals surface area (Å²) in [5.41, 5.74) is 7.07. The number of amides is 1. The van der Waals surface area contributed by atoms with Crippen molar-refractivity contribution in [2.45, 2.75) is 26.2 Å². The van der Waals surface area contributed by atoms with Crippen LogP contribution in [0, 0.1) is 5.92 Å². The maximum absolute atomic E-state index is 11.7. The zero-order chi connectivity index (χ0) is 14.1. The Morgan fingerprint density at radius 2 is 2.10 bits per heavy atom. The lowest BCUT2D eigenvalue weighted by Gasteiger charge is -2.22. The van der Waals surface area contributed by atoms with E-state index < -0.39 is 0 Å². The summed E-state index contributed by atoms with van der Waals surface area (Å²) in [6.07, 6.45) is 2.53. The molecular formula is C16H19N3O. The Morgan fingerprint density at radius 3 is 2.70 bits per heavy atom. The highest BCUT2D eigenvalue weighted by atomic mass is 16.2. The van der Waals surface area contributed by atoms with Gasteiger partial charge < -0.3 is 4.90 Å². The standard InChI is InChI=1S/C16H19N3O/c1-11-10-12(2)17-18-16(11)13-5-7-14(8-6-13)19-9-3-4-15(19)20/h5-8,11,17H,2-4,9-10H2,1H3/t11-/m1/s1. The molecule has 4 heteroatoms. The molecule has 1 aromatic carbocycles. The van der Waals surface area contributed by atoms with Crippen LogP contribution in [-0.4, -0.2) is 18.2 Å². The van der Waals surface area contributed by atoms with E-state index in [1.165, 1.54) is 0 Å². The molecule has 3 rings (SSSR count). The van der Waals surface area contributed by atoms with Crippen molar-refractivity contribution in [3.8, 4) is 0 Å². The fraction of sp³-hybridized carbons (Fsp3) is 0.375. The van der Waals surface area contributed by atoms with E-state index in [1.54, 1.807) is 0 Å². The average Bonchev–Trinajstić information content (AvgIpc) is 2.85. The van der Waals surface area contributed by atoms with Gasteiger partial charge >= 0.3 is 0 Å². The third kappa shape index (κ3) is 2.33. The highest BCUT2D eigenvalue weighted by Crippen LogP contribution is 2.24. The van der Waals surface area contributed by atoms with E-state index in [1.807, 2.05) is 29.2 Å². The molecule has 1 saturated heterocycles. The van der Waals surface area contributed by atoms with E-state index in [0.717, 1.165) is 42.0 Å². The van der Waals surface area contributed by atoms with Crippen LogP contribution in [0.1, 0.15) is 31.7 Å². The van der Waals surface area contributed by atoms with Crippen LogP contribution in [0.3, 0.4) is 0 Å². The van der Waals surface area contributed by atoms with Crippen LogP contribution in [-0.2, 0) is 4.79 Å². The van der Waals surface area contributed by atoms with E-state index in [4.69, 9.17) is 0 Å². The van der Waals surface area contributed by atoms with Crippen molar-refractivity contribution in [1.29, 1.82) is 0 Å². The van der Waals surface area contributed by atoms with Crippen LogP contribution >= 0.6 is 0 Å². The van der Waals surface area contributed by atoms with Crippen molar-refractivity contribution in [3.63, 3.8) is 0 Å². The van der Waals surface area contributed by atoms with Crippen molar-refractivity contribution in [3.05, 3.63) is 42.1 Å². The minimum absolute atomic E-state index is 0.221. The van der Waals surface area contributed by atoms with Gasteiger partial charge in [-0.1, -0.05) is 25.6 Å². The fourth-order valence-electron chi connectivity index (χ4n) is 2.84. The summed E-state index contributed by atoms with van der Waals surface area (Å²) >= 11 is 0. The number of nitrogens with one attached hydrogen (secondary N) is 1. The van der Waals surface area contributed by atoms with Crippen LogP contribution in [0.15, 0.2) is 41.6 Å². The Labute approximate surface area is 119 Å². The second-order valence-electron chi connectivity index (χ2n) is 5.51. The van der Waals surface area contributed by atoms with Crippen molar-refractivity contribution >= 4 is 17.3 Å². The summed E-state index contributed by atoms with van der Waals surface area (Å²) in [6, 6.07) is 8.12. The summed E-state index contributed by atoms with van der Waals surface area (Å²) < 4.78 is 0. The second kappa shape index (κ2) is 5.12. The van der Waals surface area contributed by atoms with E-state index in [2.05, 4.69) is 24.0 Å². The van der Waals surface area contributed by atoms with Gasteiger partial charge in [0.25, 0.3) is 0 Å². The molecule has 0 spiro atoms. The number of hydrazone groups is 1. The number of allylic oxidation sites excluding steroid dienone is 1. The highest BCUT2D eigenvalue weighted by molar-refractivity contribution is 6.03. The van der Waals surface area contributed by atoms with Crippen LogP contribution < -0.4 is 10.3 Å². The van der Waals surface area contributed by atoms with Gasteiger partial charge in [0.05, 0.1) is 5.71 Å². The number of hydrogen-bond donors (Lipinski definition) is 1. The molecule has 2 heterocycles. The maximum atomic E-state index is 11.7. The molecule has 0 aromatic heterocycles. The lowest BCUT2D eigenvalue weighted by molar-refractivity contribution is -0.117. The van der Waals surface area contributed by atoms with Crippen LogP contribution in [0.2, 0.25) is 0 Å². The third-order valence-corrected chi connectivity index (χ3v) is 3.90. The van der Waals surface area contributed by atoms with Crippen molar-refractivity contribution < 1.29 is 4.79 Å². The smallest absolute Gasteiger partial charge is 0.227 e. The molecule has 0 saturated carbocycles. The summed E-state index contributed by atoms with van der Waals surface area (Å²) in [7, 11) is 0. The lowest BCUT2D eigenvalue weighted by atomic mass is 9.93. The molecule has 1 atom stereocenters. The van der Waals surface area contributed by atoms with Crippen molar-refractivity contribution in [2.24, 2.45) is 11.0 Å². The van der Waals surface area contributed by atoms with Crippen molar-refractivity contribution in [2.75, 3.05) is 11.4 Å². The Kier molecular flexibility index (Phi) is 3.30. The number of rotatable bonds is 2. The zero-order valence-electron chi connectivity index (χ0n) is 11.7. The van der Waals surface area contributed by atoms with E-state index in [-0.39, 0.29) is 5.91 Å². The number of anilines is 1. The van der Waals surface area contributed by atoms with Gasteiger partial charge in [-0.05, 0) is 30.5 Å². The number of nitrogens with zero attached hydrogens (tertiary/aromatic N) is 2. The van der Waals surface area contributed by atoms with Gasteiger partial charge in [0.2, 0.25) is 5.91 Å². The van der Waals surface area contributed by atoms with Crippen LogP contribution in [0.4, 0.5) is 5.69 Å². The zero-order valence-corrected chi connectivity index (χ0v) is 11.7. The van der Waals surface area contributed by atoms with Gasteiger partial charge in [-0.3, -0.25) is 10.2 Å². The van der Waals surface area contributed by atoms with Gasteiger partial charge in [0, 0.05) is 30.3 Å². The molecule has 0 aliphatic carbocycles. The summed E-state index contributed by atoms with van der Waals surface area (Å²) in [4.78, 5) is 13.6. The van der Waals surface area contributed by atoms with Gasteiger partial charge in [-0.15, -0.1) is 0 Å². The predicted molar refractivity (Wildman–Crippen MR) is 80.6 cm³/mol. The first-order valence-electron chi connectivity index (χ1n) is 7.07. The van der Waals surface area contributed by atoms with E-state index >= 15 is 0 Å². The van der Waals surface area contributed by atoms with Crippen LogP contribution in [0.25, 0.3) is 0 Å². The second-order valence-corrected chi connectivity index (χ2v) is 5.51. The van der Waals surface area contributed by atoms with Gasteiger partial charge in [0.1, 0.15) is 0 Å². The predicted octanol–water partition coefficient (Wildman–Crippen LogP) is 2.66. The lowest BCUT2D eigenvalue weighted by Crippen LogP contribution is -2.26. The largest absolute Gasteiger partial charge is 0.312 e. The number of benzene rings is 1. The first-order chi connectivity index (χ1) is 9.65. The Bertz CT molecular complexity index is 574. The fourth-order valence-corrected chi connectivity index (χ4v) is 2.84. The Hall–Kier alpha value is -2.10. The molecule has 2 aliphatic rings. The molecule has 1 N–H and O–H groups in total. The minimum Gasteiger partial charge on any atom is -0.312 e. The summed E-state index contributed by atoms with van der Waals surface area (Å²) in [5.74, 6) is 0.585. The first kappa shape index (κ1) is 12.9. The minimum atomic E-state index is 0.221. The third-order valence-electron chi connectivity index (χ3n) is 3.90. The van der Waals surface area contributed by atoms with E-state index in [9.17, 15) is 4.79 Å². The Balaban J connectivity index is 1.83. The number of hydrogen-bond acceptors (Lipinski definition) is 3. The highest BCUT2D eigenvalue weighted by Gasteiger charge is 2.22. The quantitative estimate of drug-likeness (QED) is 0.897. The molecular weight excluding hydrogens is 250 g/mol. The SMILES string of the molecule is C=C1C[C@@H](C)C(c2ccc(N3CCCC3=O)cc2)=NN1. The summed E-state index contributed by atoms with van der Waals surface area (Å²) in [5, 5.41) is 4.39. The monoisotopic (exact) mass is 269 g/mol. The van der Waals surface area contributed by atoms with Gasteiger partial charge in [-0.25, -0.2) is 0 Å². The molecule has 20 heavy (non-hydrogen) atoms. The molecule has 1 fully saturated rings. The molecule has 1 aromatic rings. The molecule has 1 amide bonds. The van der Waals surface area contributed by atoms with Gasteiger partial charge in [0.15, 0.2) is 0 Å². The Morgan fingerprint density at radius 1 is 1.35 bits per heavy atom. The van der Waals surface area contributed by atoms with Crippen molar-refractivity contribution in [1.82, 2.24) is 5.43 Å². The topological polar surface area (TPSA) is 44.7 Å². The number of carbonyl (C=O) groups excluding carboxylic acids is 1. The molecule has 0 unspecified atom stereocenters. The maximum Gasteiger partial charge on any atom is 0.227 e. The molecule has 2 aliphatic heterocycles. The molecule has 4 nitrogen and oxygen atoms in total. The first-order valence-corrected chi connectivity index (χ1v) is 7.07. The van der Waals surface area contributed by atoms with E-state index in [0.29, 0.717) is 12.3 Å². The molecule has 0 bridgehead atoms. The molecule has 104 valence electrons. The number of carbonyl (C=O) groups is 1.